The predicted molar refractivity (Wildman–Crippen MR) is 66.5 cm³/mol. The maximum atomic E-state index is 13.2. The summed E-state index contributed by atoms with van der Waals surface area (Å²) in [7, 11) is 1.79. The number of hydrogen-bond donors (Lipinski definition) is 2. The number of aromatic nitrogens is 2. The van der Waals surface area contributed by atoms with Crippen LogP contribution in [0, 0.1) is 5.82 Å². The van der Waals surface area contributed by atoms with Crippen LogP contribution in [0.25, 0.3) is 0 Å². The van der Waals surface area contributed by atoms with Gasteiger partial charge in [-0.25, -0.2) is 4.39 Å². The number of halogens is 2. The van der Waals surface area contributed by atoms with Crippen LogP contribution in [-0.2, 0) is 0 Å². The molecule has 96 valence electrons. The molecule has 0 radical (unpaired) electrons. The highest BCUT2D eigenvalue weighted by atomic mass is 35.5. The average molecular weight is 271 g/mol. The minimum atomic E-state index is -0.509. The van der Waals surface area contributed by atoms with Gasteiger partial charge in [0.2, 0.25) is 5.89 Å². The fourth-order valence-electron chi connectivity index (χ4n) is 1.28. The lowest BCUT2D eigenvalue weighted by molar-refractivity contribution is 0.443. The third-order valence-electron chi connectivity index (χ3n) is 2.41. The molecular formula is C11H12ClFN4O. The number of hydrogen-bond acceptors (Lipinski definition) is 5. The lowest BCUT2D eigenvalue weighted by Gasteiger charge is -2.03. The van der Waals surface area contributed by atoms with Crippen LogP contribution in [0.1, 0.15) is 18.9 Å². The molecule has 0 aliphatic rings. The third kappa shape index (κ3) is 2.77. The van der Waals surface area contributed by atoms with Gasteiger partial charge in [-0.05, 0) is 32.2 Å². The van der Waals surface area contributed by atoms with Crippen molar-refractivity contribution in [3.05, 3.63) is 34.9 Å². The molecule has 0 spiro atoms. The molecule has 1 aromatic heterocycles. The van der Waals surface area contributed by atoms with E-state index in [2.05, 4.69) is 20.8 Å². The maximum Gasteiger partial charge on any atom is 0.320 e. The first-order valence-electron chi connectivity index (χ1n) is 5.33. The molecule has 1 unspecified atom stereocenters. The lowest BCUT2D eigenvalue weighted by atomic mass is 10.3. The largest absolute Gasteiger partial charge is 0.406 e. The summed E-state index contributed by atoms with van der Waals surface area (Å²) >= 11 is 5.59. The molecule has 1 aromatic carbocycles. The van der Waals surface area contributed by atoms with Crippen molar-refractivity contribution in [2.75, 3.05) is 12.4 Å². The van der Waals surface area contributed by atoms with Crippen molar-refractivity contribution in [1.82, 2.24) is 15.5 Å². The molecular weight excluding hydrogens is 259 g/mol. The summed E-state index contributed by atoms with van der Waals surface area (Å²) in [6.07, 6.45) is 0. The van der Waals surface area contributed by atoms with Gasteiger partial charge >= 0.3 is 6.01 Å². The molecule has 0 saturated carbocycles. The van der Waals surface area contributed by atoms with Crippen LogP contribution < -0.4 is 10.6 Å². The van der Waals surface area contributed by atoms with Crippen LogP contribution in [-0.4, -0.2) is 17.2 Å². The number of anilines is 2. The van der Waals surface area contributed by atoms with Crippen LogP contribution in [0.4, 0.5) is 16.1 Å². The molecule has 0 saturated heterocycles. The van der Waals surface area contributed by atoms with Gasteiger partial charge in [0.15, 0.2) is 0 Å². The molecule has 5 nitrogen and oxygen atoms in total. The zero-order valence-corrected chi connectivity index (χ0v) is 10.6. The predicted octanol–water partition coefficient (Wildman–Crippen LogP) is 2.89. The van der Waals surface area contributed by atoms with Crippen LogP contribution in [0.5, 0.6) is 0 Å². The van der Waals surface area contributed by atoms with Gasteiger partial charge in [0.05, 0.1) is 11.1 Å². The van der Waals surface area contributed by atoms with Crippen molar-refractivity contribution >= 4 is 23.3 Å². The minimum Gasteiger partial charge on any atom is -0.406 e. The summed E-state index contributed by atoms with van der Waals surface area (Å²) in [5, 5.41) is 13.5. The summed E-state index contributed by atoms with van der Waals surface area (Å²) in [6.45, 7) is 1.89. The Morgan fingerprint density at radius 1 is 1.39 bits per heavy atom. The Morgan fingerprint density at radius 2 is 2.17 bits per heavy atom. The van der Waals surface area contributed by atoms with Crippen molar-refractivity contribution in [3.63, 3.8) is 0 Å². The van der Waals surface area contributed by atoms with E-state index in [1.807, 2.05) is 6.92 Å². The van der Waals surface area contributed by atoms with Gasteiger partial charge in [0, 0.05) is 5.69 Å². The van der Waals surface area contributed by atoms with Crippen LogP contribution in [0.15, 0.2) is 22.6 Å². The molecule has 0 amide bonds. The Labute approximate surface area is 108 Å². The second kappa shape index (κ2) is 5.32. The average Bonchev–Trinajstić information content (AvgIpc) is 2.81. The summed E-state index contributed by atoms with van der Waals surface area (Å²) < 4.78 is 18.6. The van der Waals surface area contributed by atoms with E-state index in [1.54, 1.807) is 13.1 Å². The smallest absolute Gasteiger partial charge is 0.320 e. The second-order valence-corrected chi connectivity index (χ2v) is 4.12. The molecule has 18 heavy (non-hydrogen) atoms. The van der Waals surface area contributed by atoms with Gasteiger partial charge in [-0.1, -0.05) is 16.7 Å². The van der Waals surface area contributed by atoms with E-state index in [9.17, 15) is 4.39 Å². The number of nitrogens with one attached hydrogen (secondary N) is 2. The Kier molecular flexibility index (Phi) is 3.78. The highest BCUT2D eigenvalue weighted by Gasteiger charge is 2.12. The first kappa shape index (κ1) is 12.8. The van der Waals surface area contributed by atoms with Crippen LogP contribution in [0.2, 0.25) is 5.02 Å². The fourth-order valence-corrected chi connectivity index (χ4v) is 1.40. The van der Waals surface area contributed by atoms with Crippen molar-refractivity contribution in [1.29, 1.82) is 0 Å². The number of benzene rings is 1. The van der Waals surface area contributed by atoms with E-state index >= 15 is 0 Å². The summed E-state index contributed by atoms with van der Waals surface area (Å²) in [5.41, 5.74) is 0.490. The van der Waals surface area contributed by atoms with Gasteiger partial charge in [-0.3, -0.25) is 0 Å². The van der Waals surface area contributed by atoms with E-state index in [4.69, 9.17) is 16.0 Å². The molecule has 0 fully saturated rings. The maximum absolute atomic E-state index is 13.2. The van der Waals surface area contributed by atoms with Crippen molar-refractivity contribution < 1.29 is 8.81 Å². The Morgan fingerprint density at radius 3 is 2.83 bits per heavy atom. The zero-order chi connectivity index (χ0) is 13.1. The van der Waals surface area contributed by atoms with Gasteiger partial charge < -0.3 is 15.1 Å². The number of rotatable bonds is 4. The molecule has 2 aromatic rings. The molecule has 1 atom stereocenters. The van der Waals surface area contributed by atoms with Crippen molar-refractivity contribution in [2.45, 2.75) is 13.0 Å². The molecule has 2 rings (SSSR count). The van der Waals surface area contributed by atoms with Gasteiger partial charge in [-0.2, -0.15) is 0 Å². The highest BCUT2D eigenvalue weighted by Crippen LogP contribution is 2.22. The number of nitrogens with zero attached hydrogens (tertiary/aromatic N) is 2. The highest BCUT2D eigenvalue weighted by molar-refractivity contribution is 6.30. The molecule has 0 aliphatic carbocycles. The Bertz CT molecular complexity index is 546. The second-order valence-electron chi connectivity index (χ2n) is 3.71. The lowest BCUT2D eigenvalue weighted by Crippen LogP contribution is -2.12. The molecule has 1 heterocycles. The van der Waals surface area contributed by atoms with Crippen LogP contribution >= 0.6 is 11.6 Å². The fraction of sp³-hybridized carbons (Fsp3) is 0.273. The standard InChI is InChI=1S/C11H12ClFN4O/c1-6(14-2)10-16-17-11(18-10)15-7-3-4-8(12)9(13)5-7/h3-6,14H,1-2H3,(H,15,17). The molecule has 0 aliphatic heterocycles. The van der Waals surface area contributed by atoms with E-state index in [-0.39, 0.29) is 17.1 Å². The van der Waals surface area contributed by atoms with Crippen molar-refractivity contribution in [3.8, 4) is 0 Å². The van der Waals surface area contributed by atoms with E-state index in [0.29, 0.717) is 11.6 Å². The summed E-state index contributed by atoms with van der Waals surface area (Å²) in [4.78, 5) is 0. The Balaban J connectivity index is 2.13. The minimum absolute atomic E-state index is 0.0463. The molecule has 2 N–H and O–H groups in total. The normalized spacial score (nSPS) is 12.4. The van der Waals surface area contributed by atoms with Gasteiger partial charge in [0.25, 0.3) is 0 Å². The summed E-state index contributed by atoms with van der Waals surface area (Å²) in [6, 6.07) is 4.49. The first-order valence-corrected chi connectivity index (χ1v) is 5.70. The third-order valence-corrected chi connectivity index (χ3v) is 2.72. The quantitative estimate of drug-likeness (QED) is 0.894. The van der Waals surface area contributed by atoms with E-state index < -0.39 is 5.82 Å². The SMILES string of the molecule is CNC(C)c1nnc(Nc2ccc(Cl)c(F)c2)o1. The van der Waals surface area contributed by atoms with E-state index in [0.717, 1.165) is 0 Å². The van der Waals surface area contributed by atoms with Crippen molar-refractivity contribution in [2.24, 2.45) is 0 Å². The topological polar surface area (TPSA) is 63.0 Å². The van der Waals surface area contributed by atoms with E-state index in [1.165, 1.54) is 12.1 Å². The molecule has 7 heteroatoms. The van der Waals surface area contributed by atoms with Gasteiger partial charge in [-0.15, -0.1) is 5.10 Å². The first-order chi connectivity index (χ1) is 8.60. The van der Waals surface area contributed by atoms with Gasteiger partial charge in [0.1, 0.15) is 5.82 Å². The summed E-state index contributed by atoms with van der Waals surface area (Å²) in [5.74, 6) is -0.0561. The zero-order valence-electron chi connectivity index (χ0n) is 9.87. The van der Waals surface area contributed by atoms with Crippen LogP contribution in [0.3, 0.4) is 0 Å². The Hall–Kier alpha value is -1.66. The molecule has 0 bridgehead atoms. The monoisotopic (exact) mass is 270 g/mol.